The van der Waals surface area contributed by atoms with Crippen LogP contribution >= 0.6 is 0 Å². The maximum absolute atomic E-state index is 12.7. The number of nitrogens with zero attached hydrogens (tertiary/aromatic N) is 1. The van der Waals surface area contributed by atoms with Crippen molar-refractivity contribution in [3.8, 4) is 11.5 Å². The number of amides is 2. The van der Waals surface area contributed by atoms with Gasteiger partial charge in [-0.05, 0) is 36.2 Å². The summed E-state index contributed by atoms with van der Waals surface area (Å²) in [7, 11) is 2.79. The molecule has 0 bridgehead atoms. The average molecular weight is 398 g/mol. The summed E-state index contributed by atoms with van der Waals surface area (Å²) in [6.07, 6.45) is 1.46. The number of hydrogen-bond donors (Lipinski definition) is 2. The van der Waals surface area contributed by atoms with Gasteiger partial charge in [0.25, 0.3) is 5.91 Å². The molecule has 0 spiro atoms. The van der Waals surface area contributed by atoms with Crippen molar-refractivity contribution in [1.82, 2.24) is 4.90 Å². The molecule has 8 heteroatoms. The van der Waals surface area contributed by atoms with E-state index in [2.05, 4.69) is 5.32 Å². The predicted octanol–water partition coefficient (Wildman–Crippen LogP) is 2.78. The first-order chi connectivity index (χ1) is 13.9. The lowest BCUT2D eigenvalue weighted by Gasteiger charge is -2.16. The second kappa shape index (κ2) is 8.64. The minimum Gasteiger partial charge on any atom is -0.493 e. The number of ether oxygens (including phenoxy) is 2. The Hall–Kier alpha value is -3.55. The summed E-state index contributed by atoms with van der Waals surface area (Å²) in [5, 5.41) is 11.9. The molecule has 3 rings (SSSR count). The van der Waals surface area contributed by atoms with Crippen LogP contribution in [0, 0.1) is 0 Å². The Labute approximate surface area is 168 Å². The van der Waals surface area contributed by atoms with Crippen molar-refractivity contribution < 1.29 is 29.0 Å². The molecule has 29 heavy (non-hydrogen) atoms. The number of anilines is 1. The second-order valence-corrected chi connectivity index (χ2v) is 6.63. The molecule has 1 heterocycles. The van der Waals surface area contributed by atoms with Crippen LogP contribution in [0.3, 0.4) is 0 Å². The summed E-state index contributed by atoms with van der Waals surface area (Å²) in [4.78, 5) is 37.5. The van der Waals surface area contributed by atoms with Gasteiger partial charge in [0, 0.05) is 25.1 Å². The molecule has 1 aliphatic heterocycles. The zero-order valence-corrected chi connectivity index (χ0v) is 16.2. The van der Waals surface area contributed by atoms with Crippen molar-refractivity contribution in [2.75, 3.05) is 26.1 Å². The van der Waals surface area contributed by atoms with Gasteiger partial charge >= 0.3 is 5.97 Å². The van der Waals surface area contributed by atoms with Crippen molar-refractivity contribution in [2.45, 2.75) is 19.4 Å². The molecule has 0 aliphatic carbocycles. The quantitative estimate of drug-likeness (QED) is 0.743. The number of carbonyl (C=O) groups is 3. The normalized spacial score (nSPS) is 13.3. The monoisotopic (exact) mass is 398 g/mol. The molecule has 0 unspecified atom stereocenters. The summed E-state index contributed by atoms with van der Waals surface area (Å²) in [5.74, 6) is -0.992. The maximum atomic E-state index is 12.7. The SMILES string of the molecule is COc1cc(C(=O)O)cc(NC(=O)c2ccc(CN3CCCC3=O)cc2)c1OC. The molecule has 0 saturated carbocycles. The first-order valence-corrected chi connectivity index (χ1v) is 9.10. The molecule has 1 fully saturated rings. The van der Waals surface area contributed by atoms with E-state index in [0.29, 0.717) is 18.5 Å². The molecule has 2 N–H and O–H groups in total. The van der Waals surface area contributed by atoms with Crippen LogP contribution in [0.5, 0.6) is 11.5 Å². The number of rotatable bonds is 7. The fourth-order valence-corrected chi connectivity index (χ4v) is 3.23. The highest BCUT2D eigenvalue weighted by molar-refractivity contribution is 6.06. The van der Waals surface area contributed by atoms with Crippen molar-refractivity contribution in [2.24, 2.45) is 0 Å². The number of aromatic carboxylic acids is 1. The number of carboxylic acids is 1. The summed E-state index contributed by atoms with van der Waals surface area (Å²) < 4.78 is 10.4. The highest BCUT2D eigenvalue weighted by atomic mass is 16.5. The smallest absolute Gasteiger partial charge is 0.335 e. The first kappa shape index (κ1) is 20.2. The van der Waals surface area contributed by atoms with Crippen LogP contribution in [0.25, 0.3) is 0 Å². The van der Waals surface area contributed by atoms with Crippen LogP contribution in [-0.2, 0) is 11.3 Å². The van der Waals surface area contributed by atoms with Gasteiger partial charge in [-0.15, -0.1) is 0 Å². The number of likely N-dealkylation sites (tertiary alicyclic amines) is 1. The lowest BCUT2D eigenvalue weighted by molar-refractivity contribution is -0.128. The Kier molecular flexibility index (Phi) is 6.01. The van der Waals surface area contributed by atoms with Gasteiger partial charge < -0.3 is 24.8 Å². The zero-order chi connectivity index (χ0) is 21.0. The Bertz CT molecular complexity index is 939. The van der Waals surface area contributed by atoms with Crippen LogP contribution in [0.4, 0.5) is 5.69 Å². The van der Waals surface area contributed by atoms with E-state index in [1.165, 1.54) is 26.4 Å². The number of methoxy groups -OCH3 is 2. The van der Waals surface area contributed by atoms with Gasteiger partial charge in [0.2, 0.25) is 5.91 Å². The van der Waals surface area contributed by atoms with Crippen LogP contribution in [0.15, 0.2) is 36.4 Å². The second-order valence-electron chi connectivity index (χ2n) is 6.63. The molecule has 1 saturated heterocycles. The highest BCUT2D eigenvalue weighted by Gasteiger charge is 2.21. The summed E-state index contributed by atoms with van der Waals surface area (Å²) in [6, 6.07) is 9.56. The number of benzene rings is 2. The van der Waals surface area contributed by atoms with E-state index in [4.69, 9.17) is 9.47 Å². The predicted molar refractivity (Wildman–Crippen MR) is 106 cm³/mol. The molecule has 0 radical (unpaired) electrons. The van der Waals surface area contributed by atoms with Gasteiger partial charge in [-0.3, -0.25) is 9.59 Å². The third kappa shape index (κ3) is 4.48. The van der Waals surface area contributed by atoms with Gasteiger partial charge in [0.1, 0.15) is 0 Å². The van der Waals surface area contributed by atoms with E-state index >= 15 is 0 Å². The third-order valence-corrected chi connectivity index (χ3v) is 4.73. The van der Waals surface area contributed by atoms with E-state index in [9.17, 15) is 19.5 Å². The van der Waals surface area contributed by atoms with E-state index in [1.807, 2.05) is 0 Å². The molecule has 2 amide bonds. The minimum absolute atomic E-state index is 0.0384. The number of hydrogen-bond acceptors (Lipinski definition) is 5. The van der Waals surface area contributed by atoms with Crippen molar-refractivity contribution in [1.29, 1.82) is 0 Å². The molecule has 0 atom stereocenters. The third-order valence-electron chi connectivity index (χ3n) is 4.73. The Morgan fingerprint density at radius 2 is 1.83 bits per heavy atom. The summed E-state index contributed by atoms with van der Waals surface area (Å²) in [6.45, 7) is 1.27. The molecule has 0 aromatic heterocycles. The van der Waals surface area contributed by atoms with E-state index in [0.717, 1.165) is 18.5 Å². The molecule has 2 aromatic carbocycles. The topological polar surface area (TPSA) is 105 Å². The largest absolute Gasteiger partial charge is 0.493 e. The highest BCUT2D eigenvalue weighted by Crippen LogP contribution is 2.37. The molecule has 2 aromatic rings. The standard InChI is InChI=1S/C21H22N2O6/c1-28-17-11-15(21(26)27)10-16(19(17)29-2)22-20(25)14-7-5-13(6-8-14)12-23-9-3-4-18(23)24/h5-8,10-11H,3-4,9,12H2,1-2H3,(H,22,25)(H,26,27). The molecule has 152 valence electrons. The van der Waals surface area contributed by atoms with Crippen molar-refractivity contribution in [3.05, 3.63) is 53.1 Å². The van der Waals surface area contributed by atoms with Gasteiger partial charge in [0.05, 0.1) is 25.5 Å². The van der Waals surface area contributed by atoms with Crippen molar-refractivity contribution >= 4 is 23.5 Å². The molecular weight excluding hydrogens is 376 g/mol. The molecular formula is C21H22N2O6. The van der Waals surface area contributed by atoms with Crippen LogP contribution in [0.1, 0.15) is 39.1 Å². The van der Waals surface area contributed by atoms with Crippen LogP contribution < -0.4 is 14.8 Å². The maximum Gasteiger partial charge on any atom is 0.335 e. The minimum atomic E-state index is -1.15. The molecule has 1 aliphatic rings. The molecule has 8 nitrogen and oxygen atoms in total. The van der Waals surface area contributed by atoms with Crippen LogP contribution in [-0.4, -0.2) is 48.6 Å². The van der Waals surface area contributed by atoms with Gasteiger partial charge in [-0.1, -0.05) is 12.1 Å². The van der Waals surface area contributed by atoms with Gasteiger partial charge in [-0.2, -0.15) is 0 Å². The number of carbonyl (C=O) groups excluding carboxylic acids is 2. The van der Waals surface area contributed by atoms with E-state index in [1.54, 1.807) is 29.2 Å². The lowest BCUT2D eigenvalue weighted by atomic mass is 10.1. The summed E-state index contributed by atoms with van der Waals surface area (Å²) in [5.41, 5.74) is 1.48. The average Bonchev–Trinajstić information content (AvgIpc) is 3.12. The van der Waals surface area contributed by atoms with E-state index < -0.39 is 11.9 Å². The van der Waals surface area contributed by atoms with E-state index in [-0.39, 0.29) is 28.7 Å². The summed E-state index contributed by atoms with van der Waals surface area (Å²) >= 11 is 0. The zero-order valence-electron chi connectivity index (χ0n) is 16.2. The van der Waals surface area contributed by atoms with Crippen molar-refractivity contribution in [3.63, 3.8) is 0 Å². The Balaban J connectivity index is 1.78. The first-order valence-electron chi connectivity index (χ1n) is 9.10. The van der Waals surface area contributed by atoms with Crippen LogP contribution in [0.2, 0.25) is 0 Å². The van der Waals surface area contributed by atoms with Gasteiger partial charge in [-0.25, -0.2) is 4.79 Å². The fraction of sp³-hybridized carbons (Fsp3) is 0.286. The Morgan fingerprint density at radius 3 is 2.38 bits per heavy atom. The lowest BCUT2D eigenvalue weighted by Crippen LogP contribution is -2.23. The Morgan fingerprint density at radius 1 is 1.10 bits per heavy atom. The number of nitrogens with one attached hydrogen (secondary N) is 1. The number of carboxylic acid groups (broad SMARTS) is 1. The van der Waals surface area contributed by atoms with Gasteiger partial charge in [0.15, 0.2) is 11.5 Å². The fourth-order valence-electron chi connectivity index (χ4n) is 3.23.